The van der Waals surface area contributed by atoms with Crippen LogP contribution in [-0.4, -0.2) is 56.7 Å². The van der Waals surface area contributed by atoms with Gasteiger partial charge in [-0.2, -0.15) is 13.2 Å². The Labute approximate surface area is 177 Å². The third-order valence-corrected chi connectivity index (χ3v) is 6.48. The van der Waals surface area contributed by atoms with Gasteiger partial charge < -0.3 is 10.5 Å². The smallest absolute Gasteiger partial charge is 0.414 e. The summed E-state index contributed by atoms with van der Waals surface area (Å²) >= 11 is 0. The van der Waals surface area contributed by atoms with Crippen molar-refractivity contribution in [2.45, 2.75) is 45.0 Å². The minimum absolute atomic E-state index is 0.0767. The lowest BCUT2D eigenvalue weighted by Gasteiger charge is -2.38. The molecule has 1 aliphatic heterocycles. The van der Waals surface area contributed by atoms with Gasteiger partial charge in [0.1, 0.15) is 44.9 Å². The Bertz CT molecular complexity index is 1010. The van der Waals surface area contributed by atoms with Crippen molar-refractivity contribution in [2.24, 2.45) is 9.36 Å². The molecule has 1 amide bonds. The number of hydrogen-bond donors (Lipinski definition) is 2. The minimum Gasteiger partial charge on any atom is -0.444 e. The Hall–Kier alpha value is -2.64. The van der Waals surface area contributed by atoms with Gasteiger partial charge in [0, 0.05) is 7.05 Å². The zero-order chi connectivity index (χ0) is 23.8. The van der Waals surface area contributed by atoms with Crippen molar-refractivity contribution in [3.05, 3.63) is 23.6 Å². The molecule has 0 bridgehead atoms. The first-order chi connectivity index (χ1) is 13.9. The number of ether oxygens (including phenoxy) is 1. The average Bonchev–Trinajstić information content (AvgIpc) is 2.57. The SMILES string of the molecule is CN1C(NC(=O)OC(C)(C)C)=N[C@](C)(c2nc(N)ccc2F)CS1(=O)=NCC(F)(F)F. The summed E-state index contributed by atoms with van der Waals surface area (Å²) in [7, 11) is -2.68. The van der Waals surface area contributed by atoms with E-state index in [0.717, 1.165) is 17.4 Å². The first-order valence-corrected chi connectivity index (χ1v) is 10.6. The minimum atomic E-state index is -4.73. The number of rotatable bonds is 2. The molecule has 1 unspecified atom stereocenters. The molecule has 174 valence electrons. The van der Waals surface area contributed by atoms with E-state index in [1.165, 1.54) is 13.0 Å². The third kappa shape index (κ3) is 6.18. The summed E-state index contributed by atoms with van der Waals surface area (Å²) < 4.78 is 75.6. The number of amides is 1. The second-order valence-electron chi connectivity index (χ2n) is 8.05. The van der Waals surface area contributed by atoms with Crippen LogP contribution in [0.25, 0.3) is 0 Å². The molecule has 0 aliphatic carbocycles. The van der Waals surface area contributed by atoms with E-state index in [9.17, 15) is 26.6 Å². The van der Waals surface area contributed by atoms with Crippen molar-refractivity contribution in [1.29, 1.82) is 0 Å². The normalized spacial score (nSPS) is 24.4. The van der Waals surface area contributed by atoms with Crippen LogP contribution in [0.5, 0.6) is 0 Å². The number of nitrogens with one attached hydrogen (secondary N) is 1. The summed E-state index contributed by atoms with van der Waals surface area (Å²) in [5, 5.41) is 2.25. The van der Waals surface area contributed by atoms with Gasteiger partial charge in [-0.1, -0.05) is 0 Å². The Morgan fingerprint density at radius 1 is 1.39 bits per heavy atom. The maximum Gasteiger partial charge on any atom is 0.414 e. The van der Waals surface area contributed by atoms with E-state index >= 15 is 0 Å². The largest absolute Gasteiger partial charge is 0.444 e. The van der Waals surface area contributed by atoms with Gasteiger partial charge in [0.2, 0.25) is 5.96 Å². The fraction of sp³-hybridized carbons (Fsp3) is 0.588. The van der Waals surface area contributed by atoms with Crippen molar-refractivity contribution < 1.29 is 31.3 Å². The molecule has 0 fully saturated rings. The van der Waals surface area contributed by atoms with Crippen molar-refractivity contribution >= 4 is 27.8 Å². The summed E-state index contributed by atoms with van der Waals surface area (Å²) in [5.74, 6) is -1.98. The molecular weight excluding hydrogens is 444 g/mol. The zero-order valence-corrected chi connectivity index (χ0v) is 18.4. The highest BCUT2D eigenvalue weighted by Crippen LogP contribution is 2.34. The number of alkyl halides is 3. The lowest BCUT2D eigenvalue weighted by atomic mass is 10.00. The van der Waals surface area contributed by atoms with E-state index in [-0.39, 0.29) is 11.5 Å². The van der Waals surface area contributed by atoms with Gasteiger partial charge in [-0.15, -0.1) is 0 Å². The maximum atomic E-state index is 14.5. The van der Waals surface area contributed by atoms with Crippen molar-refractivity contribution in [1.82, 2.24) is 14.6 Å². The summed E-state index contributed by atoms with van der Waals surface area (Å²) in [6, 6.07) is 2.19. The molecule has 0 spiro atoms. The fourth-order valence-electron chi connectivity index (χ4n) is 2.70. The number of anilines is 1. The first-order valence-electron chi connectivity index (χ1n) is 8.98. The molecule has 1 aliphatic rings. The molecule has 0 aromatic carbocycles. The lowest BCUT2D eigenvalue weighted by Crippen LogP contribution is -2.54. The molecular formula is C17H24F4N6O3S. The Morgan fingerprint density at radius 3 is 2.55 bits per heavy atom. The van der Waals surface area contributed by atoms with Crippen LogP contribution < -0.4 is 11.1 Å². The molecule has 31 heavy (non-hydrogen) atoms. The van der Waals surface area contributed by atoms with E-state index < -0.39 is 57.4 Å². The molecule has 14 heteroatoms. The summed E-state index contributed by atoms with van der Waals surface area (Å²) in [4.78, 5) is 20.3. The molecule has 0 saturated carbocycles. The third-order valence-electron chi connectivity index (χ3n) is 3.98. The number of alkyl carbamates (subject to hydrolysis) is 1. The number of nitrogen functional groups attached to an aromatic ring is 1. The van der Waals surface area contributed by atoms with E-state index in [4.69, 9.17) is 10.5 Å². The van der Waals surface area contributed by atoms with Crippen LogP contribution in [0, 0.1) is 5.82 Å². The Balaban J connectivity index is 2.61. The number of guanidine groups is 1. The number of carbonyl (C=O) groups is 1. The van der Waals surface area contributed by atoms with E-state index in [2.05, 4.69) is 19.7 Å². The second kappa shape index (κ2) is 8.13. The predicted molar refractivity (Wildman–Crippen MR) is 107 cm³/mol. The van der Waals surface area contributed by atoms with Crippen LogP contribution in [0.4, 0.5) is 28.2 Å². The number of aliphatic imine (C=N–C) groups is 1. The van der Waals surface area contributed by atoms with Crippen molar-refractivity contribution in [3.8, 4) is 0 Å². The quantitative estimate of drug-likeness (QED) is 0.647. The fourth-order valence-corrected chi connectivity index (χ4v) is 4.80. The molecule has 0 radical (unpaired) electrons. The molecule has 0 saturated heterocycles. The molecule has 2 atom stereocenters. The van der Waals surface area contributed by atoms with Gasteiger partial charge in [-0.05, 0) is 39.8 Å². The standard InChI is InChI=1S/C17H24F4N6O3S/c1-15(2,3)30-14(28)25-13-26-16(4,12-10(18)6-7-11(22)24-12)9-31(29,27(13)5)23-8-17(19,20)21/h6-7H,8-9H2,1-5H3,(H2,22,24)(H,25,26,28)/t16-,31?/m0/s1. The van der Waals surface area contributed by atoms with Gasteiger partial charge in [-0.25, -0.2) is 27.7 Å². The molecule has 2 heterocycles. The monoisotopic (exact) mass is 468 g/mol. The highest BCUT2D eigenvalue weighted by atomic mass is 32.2. The average molecular weight is 468 g/mol. The number of halogens is 4. The van der Waals surface area contributed by atoms with Gasteiger partial charge in [0.15, 0.2) is 0 Å². The predicted octanol–water partition coefficient (Wildman–Crippen LogP) is 2.79. The van der Waals surface area contributed by atoms with Crippen LogP contribution in [0.15, 0.2) is 21.5 Å². The lowest BCUT2D eigenvalue weighted by molar-refractivity contribution is -0.117. The summed E-state index contributed by atoms with van der Waals surface area (Å²) in [5.41, 5.74) is 2.62. The van der Waals surface area contributed by atoms with Gasteiger partial charge >= 0.3 is 12.3 Å². The van der Waals surface area contributed by atoms with Gasteiger partial charge in [0.05, 0.1) is 5.75 Å². The van der Waals surface area contributed by atoms with Crippen LogP contribution in [-0.2, 0) is 20.2 Å². The highest BCUT2D eigenvalue weighted by Gasteiger charge is 2.44. The summed E-state index contributed by atoms with van der Waals surface area (Å²) in [6.45, 7) is 4.38. The molecule has 9 nitrogen and oxygen atoms in total. The Morgan fingerprint density at radius 2 is 2.00 bits per heavy atom. The number of carbonyl (C=O) groups excluding carboxylic acids is 1. The topological polar surface area (TPSA) is 122 Å². The van der Waals surface area contributed by atoms with Crippen molar-refractivity contribution in [2.75, 3.05) is 25.1 Å². The van der Waals surface area contributed by atoms with Gasteiger partial charge in [-0.3, -0.25) is 9.62 Å². The number of aromatic nitrogens is 1. The number of pyridine rings is 1. The van der Waals surface area contributed by atoms with Crippen LogP contribution in [0.1, 0.15) is 33.4 Å². The molecule has 2 rings (SSSR count). The number of hydrogen-bond acceptors (Lipinski definition) is 7. The molecule has 1 aromatic heterocycles. The van der Waals surface area contributed by atoms with Crippen molar-refractivity contribution in [3.63, 3.8) is 0 Å². The van der Waals surface area contributed by atoms with Gasteiger partial charge in [0.25, 0.3) is 0 Å². The maximum absolute atomic E-state index is 14.5. The zero-order valence-electron chi connectivity index (χ0n) is 17.6. The van der Waals surface area contributed by atoms with Crippen LogP contribution >= 0.6 is 0 Å². The number of nitrogens with zero attached hydrogens (tertiary/aromatic N) is 4. The molecule has 3 N–H and O–H groups in total. The highest BCUT2D eigenvalue weighted by molar-refractivity contribution is 7.92. The first kappa shape index (κ1) is 24.6. The van der Waals surface area contributed by atoms with E-state index in [1.54, 1.807) is 20.8 Å². The van der Waals surface area contributed by atoms with Crippen LogP contribution in [0.3, 0.4) is 0 Å². The number of nitrogens with two attached hydrogens (primary N) is 1. The van der Waals surface area contributed by atoms with E-state index in [1.807, 2.05) is 0 Å². The Kier molecular flexibility index (Phi) is 6.46. The van der Waals surface area contributed by atoms with E-state index in [0.29, 0.717) is 0 Å². The molecule has 1 aromatic rings. The summed E-state index contributed by atoms with van der Waals surface area (Å²) in [6.07, 6.45) is -5.73. The van der Waals surface area contributed by atoms with Crippen LogP contribution in [0.2, 0.25) is 0 Å². The second-order valence-corrected chi connectivity index (χ2v) is 10.4.